The van der Waals surface area contributed by atoms with Crippen LogP contribution in [0.5, 0.6) is 0 Å². The van der Waals surface area contributed by atoms with Crippen LogP contribution in [0, 0.1) is 0 Å². The number of fused-ring (bicyclic) bond motifs is 9. The van der Waals surface area contributed by atoms with Gasteiger partial charge in [-0.2, -0.15) is 0 Å². The molecule has 4 aliphatic heterocycles. The summed E-state index contributed by atoms with van der Waals surface area (Å²) in [7, 11) is 1.45. The number of nitrogens with zero attached hydrogens (tertiary/aromatic N) is 3. The molecule has 0 saturated carbocycles. The lowest BCUT2D eigenvalue weighted by molar-refractivity contribution is -0.555. The first-order valence-electron chi connectivity index (χ1n) is 18.2. The first-order valence-corrected chi connectivity index (χ1v) is 18.2. The van der Waals surface area contributed by atoms with E-state index in [1.807, 2.05) is 71.8 Å². The zero-order valence-electron chi connectivity index (χ0n) is 31.6. The van der Waals surface area contributed by atoms with Gasteiger partial charge in [0.25, 0.3) is 11.8 Å². The summed E-state index contributed by atoms with van der Waals surface area (Å²) in [5.74, 6) is -3.82. The van der Waals surface area contributed by atoms with Crippen LogP contribution in [0.2, 0.25) is 0 Å². The van der Waals surface area contributed by atoms with E-state index in [0.29, 0.717) is 40.5 Å². The molecule has 296 valence electrons. The van der Waals surface area contributed by atoms with Gasteiger partial charge in [-0.1, -0.05) is 54.6 Å². The summed E-state index contributed by atoms with van der Waals surface area (Å²) < 4.78 is 31.6. The largest absolute Gasteiger partial charge is 1.00 e. The van der Waals surface area contributed by atoms with Crippen LogP contribution < -0.4 is 32.4 Å². The predicted molar refractivity (Wildman–Crippen MR) is 199 cm³/mol. The zero-order valence-corrected chi connectivity index (χ0v) is 33.2. The van der Waals surface area contributed by atoms with Crippen LogP contribution in [0.3, 0.4) is 0 Å². The Morgan fingerprint density at radius 3 is 2.23 bits per heavy atom. The Bertz CT molecular complexity index is 2470. The van der Waals surface area contributed by atoms with E-state index in [0.717, 1.165) is 35.2 Å². The molecule has 0 radical (unpaired) electrons. The van der Waals surface area contributed by atoms with Gasteiger partial charge < -0.3 is 50.5 Å². The number of anilines is 1. The fraction of sp³-hybridized carbons (Fsp3) is 0.341. The van der Waals surface area contributed by atoms with Crippen molar-refractivity contribution >= 4 is 70.1 Å². The van der Waals surface area contributed by atoms with Crippen LogP contribution in [0.1, 0.15) is 59.5 Å². The second-order valence-corrected chi connectivity index (χ2v) is 14.3. The first kappa shape index (κ1) is 39.4. The summed E-state index contributed by atoms with van der Waals surface area (Å²) in [5.41, 5.74) is 4.06. The first-order chi connectivity index (χ1) is 26.8. The van der Waals surface area contributed by atoms with E-state index >= 15 is 0 Å². The molecule has 16 heteroatoms. The average Bonchev–Trinajstić information content (AvgIpc) is 3.77. The van der Waals surface area contributed by atoms with E-state index in [4.69, 9.17) is 23.7 Å². The molecule has 8 rings (SSSR count). The van der Waals surface area contributed by atoms with E-state index < -0.39 is 79.0 Å². The highest BCUT2D eigenvalue weighted by Crippen LogP contribution is 2.44. The molecular weight excluding hydrogens is 804 g/mol. The Kier molecular flexibility index (Phi) is 10.5. The van der Waals surface area contributed by atoms with Crippen molar-refractivity contribution in [2.45, 2.75) is 77.5 Å². The number of carbonyl (C=O) groups excluding carboxylic acids is 6. The molecule has 0 bridgehead atoms. The second kappa shape index (κ2) is 15.2. The summed E-state index contributed by atoms with van der Waals surface area (Å²) in [6.45, 7) is 5.31. The highest BCUT2D eigenvalue weighted by atomic mass is 79.9. The van der Waals surface area contributed by atoms with Crippen LogP contribution in [0.25, 0.3) is 22.6 Å². The lowest BCUT2D eigenvalue weighted by Crippen LogP contribution is -3.00. The minimum Gasteiger partial charge on any atom is -1.00 e. The molecular formula is C41H39BrN4O11. The van der Waals surface area contributed by atoms with Crippen molar-refractivity contribution in [3.63, 3.8) is 0 Å². The fourth-order valence-electron chi connectivity index (χ4n) is 8.43. The molecule has 2 aromatic carbocycles. The van der Waals surface area contributed by atoms with Gasteiger partial charge in [-0.25, -0.2) is 4.58 Å². The van der Waals surface area contributed by atoms with Gasteiger partial charge >= 0.3 is 23.9 Å². The predicted octanol–water partition coefficient (Wildman–Crippen LogP) is -1.48. The number of esters is 4. The molecule has 5 heterocycles. The van der Waals surface area contributed by atoms with Crippen molar-refractivity contribution in [1.82, 2.24) is 9.88 Å². The number of hydrogen-bond acceptors (Lipinski definition) is 12. The van der Waals surface area contributed by atoms with E-state index in [1.54, 1.807) is 0 Å². The number of allylic oxidation sites excluding steroid dienone is 2. The molecule has 1 fully saturated rings. The van der Waals surface area contributed by atoms with Gasteiger partial charge in [0.2, 0.25) is 0 Å². The summed E-state index contributed by atoms with van der Waals surface area (Å²) in [6.07, 6.45) is 4.52. The van der Waals surface area contributed by atoms with Gasteiger partial charge in [0.15, 0.2) is 43.8 Å². The third-order valence-electron chi connectivity index (χ3n) is 10.5. The van der Waals surface area contributed by atoms with Crippen molar-refractivity contribution in [1.29, 1.82) is 0 Å². The number of nitrogens with one attached hydrogen (secondary N) is 1. The number of amides is 2. The number of halogens is 1. The Labute approximate surface area is 336 Å². The van der Waals surface area contributed by atoms with Crippen molar-refractivity contribution in [2.75, 3.05) is 18.6 Å². The van der Waals surface area contributed by atoms with Crippen LogP contribution in [-0.2, 0) is 56.0 Å². The number of aromatic nitrogens is 1. The fourth-order valence-corrected chi connectivity index (χ4v) is 8.43. The molecule has 1 aliphatic carbocycles. The van der Waals surface area contributed by atoms with E-state index in [-0.39, 0.29) is 28.1 Å². The number of carbonyl (C=O) groups is 6. The second-order valence-electron chi connectivity index (χ2n) is 14.3. The summed E-state index contributed by atoms with van der Waals surface area (Å²) in [6, 6.07) is 9.30. The molecule has 1 aromatic heterocycles. The van der Waals surface area contributed by atoms with Gasteiger partial charge in [-0.3, -0.25) is 33.7 Å². The van der Waals surface area contributed by atoms with Crippen LogP contribution in [0.15, 0.2) is 54.6 Å². The number of benzene rings is 2. The van der Waals surface area contributed by atoms with Gasteiger partial charge in [-0.15, -0.1) is 0 Å². The van der Waals surface area contributed by atoms with Gasteiger partial charge in [0, 0.05) is 57.0 Å². The maximum Gasteiger partial charge on any atom is 0.303 e. The molecule has 5 aliphatic rings. The third kappa shape index (κ3) is 6.75. The molecule has 6 atom stereocenters. The molecule has 1 unspecified atom stereocenters. The highest BCUT2D eigenvalue weighted by Gasteiger charge is 2.57. The van der Waals surface area contributed by atoms with Gasteiger partial charge in [0.1, 0.15) is 12.7 Å². The Balaban J connectivity index is 0.00000496. The van der Waals surface area contributed by atoms with Gasteiger partial charge in [-0.05, 0) is 5.57 Å². The Hall–Kier alpha value is -5.87. The molecule has 57 heavy (non-hydrogen) atoms. The third-order valence-corrected chi connectivity index (χ3v) is 10.5. The Morgan fingerprint density at radius 2 is 1.54 bits per heavy atom. The van der Waals surface area contributed by atoms with Crippen LogP contribution in [0.4, 0.5) is 5.69 Å². The number of imide groups is 1. The minimum atomic E-state index is -1.43. The number of hydrogen-bond donors (Lipinski definition) is 1. The van der Waals surface area contributed by atoms with Crippen molar-refractivity contribution in [2.24, 2.45) is 0 Å². The maximum absolute atomic E-state index is 14.2. The normalized spacial score (nSPS) is 24.1. The number of aromatic amines is 1. The van der Waals surface area contributed by atoms with E-state index in [1.165, 1.54) is 20.9 Å². The van der Waals surface area contributed by atoms with Gasteiger partial charge in [0.05, 0.1) is 39.3 Å². The van der Waals surface area contributed by atoms with Crippen LogP contribution >= 0.6 is 0 Å². The summed E-state index contributed by atoms with van der Waals surface area (Å²) >= 11 is 0. The Morgan fingerprint density at radius 1 is 0.877 bits per heavy atom. The van der Waals surface area contributed by atoms with E-state index in [2.05, 4.69) is 9.56 Å². The number of rotatable bonds is 8. The quantitative estimate of drug-likeness (QED) is 0.121. The lowest BCUT2D eigenvalue weighted by atomic mass is 9.94. The number of H-pyrrole nitrogens is 1. The van der Waals surface area contributed by atoms with Crippen molar-refractivity contribution in [3.8, 4) is 0 Å². The molecule has 3 aromatic rings. The molecule has 1 N–H and O–H groups in total. The maximum atomic E-state index is 14.2. The molecule has 15 nitrogen and oxygen atoms in total. The molecule has 1 saturated heterocycles. The minimum absolute atomic E-state index is 0. The highest BCUT2D eigenvalue weighted by molar-refractivity contribution is 6.29. The molecule has 0 spiro atoms. The smallest absolute Gasteiger partial charge is 0.303 e. The molecule has 2 amide bonds. The SMILES string of the molecule is CC(=O)OC[C@H]1O[C@@H](N2c3c(c4c(c5c6c([nH]c35)=CC=[N+](Cc3ccccc3)C6)C(=O)N(C)C4=O)=C3C=CC=CC32)[C@H](OC(C)=O)[C@@H](OC(C)=O)[C@@H]1OC(C)=O.[Br-]. The standard InChI is InChI=1S/C41H38N4O11.BrH/c1-20(46)52-19-29-36(53-21(2)47)37(54-22(3)48)38(55-23(4)49)41(56-29)45-28-14-10-9-13-25(28)31-33-32(39(50)43(5)40(33)51)30-26-18-44(17-24-11-7-6-8-12-24)16-15-27(26)42-34(30)35(31)45;/h6-16,28-29,36-38,41H,17-19H2,1-5H3;1H/t28?,29-,36-,37+,38-,41-;/m1./s1. The number of ether oxygens (including phenoxy) is 5. The van der Waals surface area contributed by atoms with E-state index in [9.17, 15) is 28.8 Å². The lowest BCUT2D eigenvalue weighted by Gasteiger charge is -2.49. The zero-order chi connectivity index (χ0) is 39.6. The monoisotopic (exact) mass is 842 g/mol. The summed E-state index contributed by atoms with van der Waals surface area (Å²) in [5, 5.41) is 1.78. The summed E-state index contributed by atoms with van der Waals surface area (Å²) in [4.78, 5) is 85.0. The van der Waals surface area contributed by atoms with Crippen molar-refractivity contribution < 1.29 is 74.0 Å². The van der Waals surface area contributed by atoms with Crippen molar-refractivity contribution in [3.05, 3.63) is 87.5 Å². The van der Waals surface area contributed by atoms with Crippen LogP contribution in [-0.4, -0.2) is 107 Å². The average molecular weight is 844 g/mol. The topological polar surface area (TPSA) is 174 Å².